The molecule has 1 saturated heterocycles. The van der Waals surface area contributed by atoms with Crippen molar-refractivity contribution in [3.63, 3.8) is 0 Å². The zero-order valence-corrected chi connectivity index (χ0v) is 11.3. The third-order valence-electron chi connectivity index (χ3n) is 4.16. The number of nitrogens with one attached hydrogen (secondary N) is 1. The predicted molar refractivity (Wildman–Crippen MR) is 78.5 cm³/mol. The average molecular weight is 253 g/mol. The van der Waals surface area contributed by atoms with E-state index in [9.17, 15) is 4.79 Å². The van der Waals surface area contributed by atoms with Crippen LogP contribution in [0.3, 0.4) is 0 Å². The minimum absolute atomic E-state index is 0.249. The molecular weight excluding hydrogens is 234 g/mol. The van der Waals surface area contributed by atoms with Gasteiger partial charge in [-0.1, -0.05) is 43.3 Å². The Bertz CT molecular complexity index is 611. The number of Topliss-reactive ketones (excluding diaryl/α,β-unsaturated/α-hetero) is 1. The quantitative estimate of drug-likeness (QED) is 0.831. The summed E-state index contributed by atoms with van der Waals surface area (Å²) in [5.74, 6) is 0.269. The summed E-state index contributed by atoms with van der Waals surface area (Å²) in [6, 6.07) is 14.2. The second kappa shape index (κ2) is 4.78. The summed E-state index contributed by atoms with van der Waals surface area (Å²) in [6.07, 6.45) is 2.06. The van der Waals surface area contributed by atoms with Crippen molar-refractivity contribution in [2.45, 2.75) is 19.8 Å². The summed E-state index contributed by atoms with van der Waals surface area (Å²) in [5.41, 5.74) is 0.589. The van der Waals surface area contributed by atoms with Crippen molar-refractivity contribution < 1.29 is 4.79 Å². The lowest BCUT2D eigenvalue weighted by atomic mass is 9.76. The van der Waals surface area contributed by atoms with E-state index in [-0.39, 0.29) is 11.2 Å². The molecule has 2 nitrogen and oxygen atoms in total. The number of carbonyl (C=O) groups excluding carboxylic acids is 1. The van der Waals surface area contributed by atoms with Gasteiger partial charge < -0.3 is 5.32 Å². The fourth-order valence-electron chi connectivity index (χ4n) is 2.93. The van der Waals surface area contributed by atoms with E-state index in [0.717, 1.165) is 36.9 Å². The largest absolute Gasteiger partial charge is 0.316 e. The van der Waals surface area contributed by atoms with Crippen LogP contribution in [0.15, 0.2) is 42.5 Å². The van der Waals surface area contributed by atoms with Crippen molar-refractivity contribution in [2.24, 2.45) is 5.41 Å². The van der Waals surface area contributed by atoms with Crippen molar-refractivity contribution in [3.8, 4) is 0 Å². The van der Waals surface area contributed by atoms with Crippen LogP contribution in [-0.4, -0.2) is 18.9 Å². The Morgan fingerprint density at radius 2 is 1.95 bits per heavy atom. The van der Waals surface area contributed by atoms with E-state index >= 15 is 0 Å². The first-order chi connectivity index (χ1) is 9.19. The van der Waals surface area contributed by atoms with E-state index in [1.807, 2.05) is 30.3 Å². The smallest absolute Gasteiger partial charge is 0.170 e. The number of benzene rings is 2. The first-order valence-electron chi connectivity index (χ1n) is 6.93. The molecular formula is C17H19NO. The Hall–Kier alpha value is -1.67. The van der Waals surface area contributed by atoms with Crippen molar-refractivity contribution in [1.82, 2.24) is 5.32 Å². The maximum atomic E-state index is 12.7. The molecule has 3 rings (SSSR count). The lowest BCUT2D eigenvalue weighted by Gasteiger charge is -2.32. The van der Waals surface area contributed by atoms with Crippen LogP contribution in [0.5, 0.6) is 0 Å². The fourth-order valence-corrected chi connectivity index (χ4v) is 2.93. The van der Waals surface area contributed by atoms with E-state index in [1.54, 1.807) is 0 Å². The highest BCUT2D eigenvalue weighted by molar-refractivity contribution is 6.03. The number of piperidine rings is 1. The van der Waals surface area contributed by atoms with Crippen LogP contribution < -0.4 is 5.32 Å². The van der Waals surface area contributed by atoms with Gasteiger partial charge in [0.2, 0.25) is 0 Å². The van der Waals surface area contributed by atoms with E-state index < -0.39 is 0 Å². The van der Waals surface area contributed by atoms with Gasteiger partial charge >= 0.3 is 0 Å². The number of ketones is 1. The number of hydrogen-bond donors (Lipinski definition) is 1. The van der Waals surface area contributed by atoms with Gasteiger partial charge in [-0.3, -0.25) is 4.79 Å². The molecule has 0 bridgehead atoms. The van der Waals surface area contributed by atoms with Crippen LogP contribution >= 0.6 is 0 Å². The zero-order chi connectivity index (χ0) is 13.3. The molecule has 1 N–H and O–H groups in total. The van der Waals surface area contributed by atoms with Crippen LogP contribution in [0.4, 0.5) is 0 Å². The minimum atomic E-state index is -0.249. The van der Waals surface area contributed by atoms with Crippen LogP contribution in [0.1, 0.15) is 30.1 Å². The molecule has 1 unspecified atom stereocenters. The third-order valence-corrected chi connectivity index (χ3v) is 4.16. The van der Waals surface area contributed by atoms with E-state index in [0.29, 0.717) is 0 Å². The fraction of sp³-hybridized carbons (Fsp3) is 0.353. The molecule has 1 aliphatic heterocycles. The Morgan fingerprint density at radius 1 is 1.16 bits per heavy atom. The number of carbonyl (C=O) groups is 1. The molecule has 0 radical (unpaired) electrons. The lowest BCUT2D eigenvalue weighted by Crippen LogP contribution is -2.43. The SMILES string of the molecule is CC1(C(=O)c2ccc3ccccc3c2)CCCNC1. The average Bonchev–Trinajstić information content (AvgIpc) is 2.47. The van der Waals surface area contributed by atoms with Gasteiger partial charge in [-0.05, 0) is 36.2 Å². The molecule has 19 heavy (non-hydrogen) atoms. The second-order valence-electron chi connectivity index (χ2n) is 5.73. The highest BCUT2D eigenvalue weighted by atomic mass is 16.1. The molecule has 1 fully saturated rings. The van der Waals surface area contributed by atoms with Gasteiger partial charge in [0.05, 0.1) is 0 Å². The Morgan fingerprint density at radius 3 is 2.68 bits per heavy atom. The molecule has 0 amide bonds. The topological polar surface area (TPSA) is 29.1 Å². The third kappa shape index (κ3) is 2.28. The molecule has 0 aromatic heterocycles. The van der Waals surface area contributed by atoms with Crippen molar-refractivity contribution >= 4 is 16.6 Å². The first kappa shape index (κ1) is 12.4. The molecule has 1 aliphatic rings. The highest BCUT2D eigenvalue weighted by Crippen LogP contribution is 2.30. The van der Waals surface area contributed by atoms with Gasteiger partial charge in [0.25, 0.3) is 0 Å². The molecule has 0 saturated carbocycles. The van der Waals surface area contributed by atoms with Crippen LogP contribution in [-0.2, 0) is 0 Å². The summed E-state index contributed by atoms with van der Waals surface area (Å²) in [6.45, 7) is 3.90. The summed E-state index contributed by atoms with van der Waals surface area (Å²) in [4.78, 5) is 12.7. The summed E-state index contributed by atoms with van der Waals surface area (Å²) < 4.78 is 0. The van der Waals surface area contributed by atoms with Crippen molar-refractivity contribution in [1.29, 1.82) is 0 Å². The van der Waals surface area contributed by atoms with Gasteiger partial charge in [-0.15, -0.1) is 0 Å². The standard InChI is InChI=1S/C17H19NO/c1-17(9-4-10-18-12-17)16(19)15-8-7-13-5-2-3-6-14(13)11-15/h2-3,5-8,11,18H,4,9-10,12H2,1H3. The maximum Gasteiger partial charge on any atom is 0.170 e. The number of hydrogen-bond acceptors (Lipinski definition) is 2. The van der Waals surface area contributed by atoms with Crippen LogP contribution in [0, 0.1) is 5.41 Å². The molecule has 2 aromatic rings. The van der Waals surface area contributed by atoms with Gasteiger partial charge in [0, 0.05) is 17.5 Å². The zero-order valence-electron chi connectivity index (χ0n) is 11.3. The minimum Gasteiger partial charge on any atom is -0.316 e. The summed E-state index contributed by atoms with van der Waals surface area (Å²) in [5, 5.41) is 5.67. The van der Waals surface area contributed by atoms with Crippen molar-refractivity contribution in [3.05, 3.63) is 48.0 Å². The first-order valence-corrected chi connectivity index (χ1v) is 6.93. The lowest BCUT2D eigenvalue weighted by molar-refractivity contribution is 0.0773. The number of fused-ring (bicyclic) bond motifs is 1. The summed E-state index contributed by atoms with van der Waals surface area (Å²) in [7, 11) is 0. The molecule has 1 atom stereocenters. The Kier molecular flexibility index (Phi) is 3.11. The molecule has 2 heteroatoms. The van der Waals surface area contributed by atoms with Gasteiger partial charge in [-0.2, -0.15) is 0 Å². The normalized spacial score (nSPS) is 23.4. The van der Waals surface area contributed by atoms with E-state index in [2.05, 4.69) is 24.4 Å². The second-order valence-corrected chi connectivity index (χ2v) is 5.73. The number of rotatable bonds is 2. The monoisotopic (exact) mass is 253 g/mol. The van der Waals surface area contributed by atoms with Gasteiger partial charge in [-0.25, -0.2) is 0 Å². The maximum absolute atomic E-state index is 12.7. The van der Waals surface area contributed by atoms with E-state index in [1.165, 1.54) is 5.39 Å². The summed E-state index contributed by atoms with van der Waals surface area (Å²) >= 11 is 0. The van der Waals surface area contributed by atoms with Crippen LogP contribution in [0.25, 0.3) is 10.8 Å². The highest BCUT2D eigenvalue weighted by Gasteiger charge is 2.35. The van der Waals surface area contributed by atoms with Crippen molar-refractivity contribution in [2.75, 3.05) is 13.1 Å². The van der Waals surface area contributed by atoms with Gasteiger partial charge in [0.1, 0.15) is 0 Å². The van der Waals surface area contributed by atoms with Gasteiger partial charge in [0.15, 0.2) is 5.78 Å². The molecule has 0 spiro atoms. The molecule has 98 valence electrons. The molecule has 1 heterocycles. The molecule has 0 aliphatic carbocycles. The molecule has 2 aromatic carbocycles. The Balaban J connectivity index is 1.97. The van der Waals surface area contributed by atoms with E-state index in [4.69, 9.17) is 0 Å². The Labute approximate surface area is 113 Å². The predicted octanol–water partition coefficient (Wildman–Crippen LogP) is 3.41. The van der Waals surface area contributed by atoms with Crippen LogP contribution in [0.2, 0.25) is 0 Å².